The summed E-state index contributed by atoms with van der Waals surface area (Å²) in [4.78, 5) is 49.8. The molecular formula is C15H13N3O7. The van der Waals surface area contributed by atoms with E-state index in [1.54, 1.807) is 0 Å². The van der Waals surface area contributed by atoms with Crippen molar-refractivity contribution in [2.45, 2.75) is 6.10 Å². The van der Waals surface area contributed by atoms with Crippen molar-refractivity contribution in [2.24, 2.45) is 0 Å². The molecule has 2 heterocycles. The third-order valence-electron chi connectivity index (χ3n) is 3.90. The first-order valence-corrected chi connectivity index (χ1v) is 7.32. The van der Waals surface area contributed by atoms with Crippen LogP contribution in [0.3, 0.4) is 0 Å². The fourth-order valence-corrected chi connectivity index (χ4v) is 2.69. The lowest BCUT2D eigenvalue weighted by Gasteiger charge is -2.31. The third kappa shape index (κ3) is 3.19. The fraction of sp³-hybridized carbons (Fsp3) is 0.267. The predicted octanol–water partition coefficient (Wildman–Crippen LogP) is 0.362. The van der Waals surface area contributed by atoms with Gasteiger partial charge in [0.25, 0.3) is 11.6 Å². The van der Waals surface area contributed by atoms with Crippen molar-refractivity contribution in [3.8, 4) is 0 Å². The van der Waals surface area contributed by atoms with E-state index in [9.17, 15) is 24.5 Å². The third-order valence-corrected chi connectivity index (χ3v) is 3.90. The number of benzene rings is 1. The van der Waals surface area contributed by atoms with Crippen molar-refractivity contribution in [3.05, 3.63) is 50.3 Å². The molecule has 0 saturated carbocycles. The number of H-pyrrole nitrogens is 1. The van der Waals surface area contributed by atoms with Gasteiger partial charge in [0.1, 0.15) is 0 Å². The fourth-order valence-electron chi connectivity index (χ4n) is 2.69. The van der Waals surface area contributed by atoms with Crippen molar-refractivity contribution >= 4 is 28.5 Å². The number of ether oxygens (including phenoxy) is 1. The van der Waals surface area contributed by atoms with Crippen LogP contribution in [-0.2, 0) is 9.53 Å². The van der Waals surface area contributed by atoms with Crippen LogP contribution in [0, 0.1) is 10.1 Å². The molecule has 10 heteroatoms. The van der Waals surface area contributed by atoms with E-state index in [2.05, 4.69) is 4.98 Å². The SMILES string of the molecule is O=C(O)C1CN(C(=O)c2cc(=O)[nH]c3ccc([N+](=O)[O-])cc23)CCO1. The second kappa shape index (κ2) is 6.32. The van der Waals surface area contributed by atoms with Gasteiger partial charge in [0.15, 0.2) is 6.10 Å². The molecule has 3 rings (SSSR count). The van der Waals surface area contributed by atoms with E-state index in [-0.39, 0.29) is 41.9 Å². The maximum absolute atomic E-state index is 12.8. The van der Waals surface area contributed by atoms with Gasteiger partial charge >= 0.3 is 5.97 Å². The van der Waals surface area contributed by atoms with Crippen molar-refractivity contribution in [1.29, 1.82) is 0 Å². The van der Waals surface area contributed by atoms with E-state index in [0.717, 1.165) is 6.07 Å². The minimum absolute atomic E-state index is 0.0199. The Morgan fingerprint density at radius 3 is 2.80 bits per heavy atom. The van der Waals surface area contributed by atoms with Crippen LogP contribution in [0.15, 0.2) is 29.1 Å². The molecule has 0 radical (unpaired) electrons. The number of hydrogen-bond acceptors (Lipinski definition) is 6. The summed E-state index contributed by atoms with van der Waals surface area (Å²) in [7, 11) is 0. The van der Waals surface area contributed by atoms with E-state index in [1.807, 2.05) is 0 Å². The zero-order valence-corrected chi connectivity index (χ0v) is 12.8. The largest absolute Gasteiger partial charge is 0.479 e. The molecule has 2 N–H and O–H groups in total. The number of non-ortho nitro benzene ring substituents is 1. The topological polar surface area (TPSA) is 143 Å². The first-order valence-electron chi connectivity index (χ1n) is 7.32. The number of aliphatic carboxylic acids is 1. The molecule has 10 nitrogen and oxygen atoms in total. The number of hydrogen-bond donors (Lipinski definition) is 2. The molecule has 1 fully saturated rings. The maximum atomic E-state index is 12.8. The van der Waals surface area contributed by atoms with Crippen LogP contribution < -0.4 is 5.56 Å². The van der Waals surface area contributed by atoms with Crippen LogP contribution in [0.2, 0.25) is 0 Å². The molecule has 1 unspecified atom stereocenters. The molecule has 1 aliphatic rings. The van der Waals surface area contributed by atoms with Crippen molar-refractivity contribution in [2.75, 3.05) is 19.7 Å². The summed E-state index contributed by atoms with van der Waals surface area (Å²) in [6.45, 7) is 0.0349. The average molecular weight is 347 g/mol. The predicted molar refractivity (Wildman–Crippen MR) is 84.5 cm³/mol. The Morgan fingerprint density at radius 2 is 2.12 bits per heavy atom. The zero-order valence-electron chi connectivity index (χ0n) is 12.8. The lowest BCUT2D eigenvalue weighted by molar-refractivity contribution is -0.384. The second-order valence-electron chi connectivity index (χ2n) is 5.48. The molecule has 1 amide bonds. The highest BCUT2D eigenvalue weighted by Gasteiger charge is 2.30. The Morgan fingerprint density at radius 1 is 1.36 bits per heavy atom. The Bertz CT molecular complexity index is 936. The number of morpholine rings is 1. The van der Waals surface area contributed by atoms with Crippen molar-refractivity contribution in [1.82, 2.24) is 9.88 Å². The number of pyridine rings is 1. The van der Waals surface area contributed by atoms with Gasteiger partial charge in [0.2, 0.25) is 5.56 Å². The van der Waals surface area contributed by atoms with Gasteiger partial charge in [-0.25, -0.2) is 4.79 Å². The van der Waals surface area contributed by atoms with Gasteiger partial charge in [-0.3, -0.25) is 19.7 Å². The molecule has 1 saturated heterocycles. The number of carbonyl (C=O) groups is 2. The first-order chi connectivity index (χ1) is 11.9. The van der Waals surface area contributed by atoms with Gasteiger partial charge in [0.05, 0.1) is 23.6 Å². The number of carboxylic acid groups (broad SMARTS) is 1. The number of nitrogens with one attached hydrogen (secondary N) is 1. The molecular weight excluding hydrogens is 334 g/mol. The van der Waals surface area contributed by atoms with Gasteiger partial charge in [0, 0.05) is 35.6 Å². The number of nitro benzene ring substituents is 1. The summed E-state index contributed by atoms with van der Waals surface area (Å²) >= 11 is 0. The molecule has 25 heavy (non-hydrogen) atoms. The zero-order chi connectivity index (χ0) is 18.1. The van der Waals surface area contributed by atoms with Gasteiger partial charge in [-0.2, -0.15) is 0 Å². The minimum atomic E-state index is -1.19. The number of aromatic amines is 1. The lowest BCUT2D eigenvalue weighted by atomic mass is 10.1. The Hall–Kier alpha value is -3.27. The van der Waals surface area contributed by atoms with Crippen molar-refractivity contribution in [3.63, 3.8) is 0 Å². The molecule has 0 bridgehead atoms. The maximum Gasteiger partial charge on any atom is 0.334 e. The van der Waals surface area contributed by atoms with Crippen LogP contribution in [-0.4, -0.2) is 57.6 Å². The van der Waals surface area contributed by atoms with E-state index in [0.29, 0.717) is 0 Å². The normalized spacial score (nSPS) is 17.4. The van der Waals surface area contributed by atoms with Crippen LogP contribution in [0.5, 0.6) is 0 Å². The quantitative estimate of drug-likeness (QED) is 0.603. The number of nitro groups is 1. The summed E-state index contributed by atoms with van der Waals surface area (Å²) < 4.78 is 5.07. The number of rotatable bonds is 3. The summed E-state index contributed by atoms with van der Waals surface area (Å²) in [5, 5.41) is 20.2. The summed E-state index contributed by atoms with van der Waals surface area (Å²) in [5.41, 5.74) is -0.496. The van der Waals surface area contributed by atoms with Crippen LogP contribution in [0.4, 0.5) is 5.69 Å². The highest BCUT2D eigenvalue weighted by Crippen LogP contribution is 2.23. The van der Waals surface area contributed by atoms with Crippen LogP contribution in [0.1, 0.15) is 10.4 Å². The Kier molecular flexibility index (Phi) is 4.19. The lowest BCUT2D eigenvalue weighted by Crippen LogP contribution is -2.48. The van der Waals surface area contributed by atoms with Gasteiger partial charge in [-0.1, -0.05) is 0 Å². The van der Waals surface area contributed by atoms with E-state index < -0.39 is 28.5 Å². The van der Waals surface area contributed by atoms with Gasteiger partial charge in [-0.05, 0) is 6.07 Å². The molecule has 1 aromatic heterocycles. The molecule has 2 aromatic rings. The number of carbonyl (C=O) groups excluding carboxylic acids is 1. The number of aromatic nitrogens is 1. The minimum Gasteiger partial charge on any atom is -0.479 e. The molecule has 1 atom stereocenters. The molecule has 0 spiro atoms. The van der Waals surface area contributed by atoms with Crippen LogP contribution in [0.25, 0.3) is 10.9 Å². The van der Waals surface area contributed by atoms with Gasteiger partial charge < -0.3 is 19.7 Å². The molecule has 1 aromatic carbocycles. The smallest absolute Gasteiger partial charge is 0.334 e. The Balaban J connectivity index is 2.05. The number of amides is 1. The highest BCUT2D eigenvalue weighted by atomic mass is 16.6. The van der Waals surface area contributed by atoms with Gasteiger partial charge in [-0.15, -0.1) is 0 Å². The Labute approximate surface area is 139 Å². The van der Waals surface area contributed by atoms with E-state index >= 15 is 0 Å². The number of fused-ring (bicyclic) bond motifs is 1. The molecule has 130 valence electrons. The average Bonchev–Trinajstić information content (AvgIpc) is 2.59. The van der Waals surface area contributed by atoms with Crippen LogP contribution >= 0.6 is 0 Å². The monoisotopic (exact) mass is 347 g/mol. The number of nitrogens with zero attached hydrogens (tertiary/aromatic N) is 2. The standard InChI is InChI=1S/C15H13N3O7/c19-13-6-10(9-5-8(18(23)24)1-2-11(9)16-13)14(20)17-3-4-25-12(7-17)15(21)22/h1-2,5-6,12H,3-4,7H2,(H,16,19)(H,21,22). The second-order valence-corrected chi connectivity index (χ2v) is 5.48. The molecule has 1 aliphatic heterocycles. The van der Waals surface area contributed by atoms with E-state index in [1.165, 1.54) is 23.1 Å². The summed E-state index contributed by atoms with van der Waals surface area (Å²) in [6, 6.07) is 4.83. The molecule has 0 aliphatic carbocycles. The first kappa shape index (κ1) is 16.6. The highest BCUT2D eigenvalue weighted by molar-refractivity contribution is 6.06. The summed E-state index contributed by atoms with van der Waals surface area (Å²) in [6.07, 6.45) is -1.15. The van der Waals surface area contributed by atoms with E-state index in [4.69, 9.17) is 9.84 Å². The summed E-state index contributed by atoms with van der Waals surface area (Å²) in [5.74, 6) is -1.77. The number of carboxylic acids is 1. The van der Waals surface area contributed by atoms with Crippen molar-refractivity contribution < 1.29 is 24.4 Å².